The third kappa shape index (κ3) is 2.83. The lowest BCUT2D eigenvalue weighted by Crippen LogP contribution is -2.16. The molecule has 0 unspecified atom stereocenters. The molecular formula is C11H6BrClFN3O. The summed E-state index contributed by atoms with van der Waals surface area (Å²) in [4.78, 5) is 19.4. The maximum absolute atomic E-state index is 13.5. The molecule has 0 aliphatic heterocycles. The topological polar surface area (TPSA) is 54.9 Å². The summed E-state index contributed by atoms with van der Waals surface area (Å²) in [6, 6.07) is 5.72. The fraction of sp³-hybridized carbons (Fsp3) is 0. The Morgan fingerprint density at radius 1 is 1.39 bits per heavy atom. The summed E-state index contributed by atoms with van der Waals surface area (Å²) in [6.07, 6.45) is 1.39. The first-order valence-corrected chi connectivity index (χ1v) is 5.99. The van der Waals surface area contributed by atoms with E-state index in [1.807, 2.05) is 0 Å². The Balaban J connectivity index is 2.28. The van der Waals surface area contributed by atoms with E-state index >= 15 is 0 Å². The van der Waals surface area contributed by atoms with Crippen molar-refractivity contribution in [3.05, 3.63) is 51.5 Å². The molecule has 0 radical (unpaired) electrons. The van der Waals surface area contributed by atoms with Gasteiger partial charge in [0.05, 0.1) is 5.56 Å². The molecule has 7 heteroatoms. The standard InChI is InChI=1S/C11H6BrClFN3O/c12-6-2-1-3-7(14)9(6)10(18)17-11-15-5-4-8(13)16-11/h1-5H,(H,15,16,17,18). The molecule has 92 valence electrons. The molecule has 1 amide bonds. The Morgan fingerprint density at radius 3 is 2.83 bits per heavy atom. The fourth-order valence-corrected chi connectivity index (χ4v) is 1.93. The van der Waals surface area contributed by atoms with Crippen molar-refractivity contribution in [2.24, 2.45) is 0 Å². The Bertz CT molecular complexity index is 588. The van der Waals surface area contributed by atoms with Crippen molar-refractivity contribution in [3.8, 4) is 0 Å². The van der Waals surface area contributed by atoms with Crippen molar-refractivity contribution in [1.82, 2.24) is 9.97 Å². The van der Waals surface area contributed by atoms with Crippen LogP contribution >= 0.6 is 27.5 Å². The number of amides is 1. The average Bonchev–Trinajstić information content (AvgIpc) is 2.28. The van der Waals surface area contributed by atoms with E-state index in [-0.39, 0.29) is 16.7 Å². The second kappa shape index (κ2) is 5.41. The minimum atomic E-state index is -0.651. The molecule has 0 bridgehead atoms. The highest BCUT2D eigenvalue weighted by Gasteiger charge is 2.16. The third-order valence-corrected chi connectivity index (χ3v) is 2.91. The lowest BCUT2D eigenvalue weighted by molar-refractivity contribution is 0.102. The van der Waals surface area contributed by atoms with Crippen LogP contribution in [0.5, 0.6) is 0 Å². The lowest BCUT2D eigenvalue weighted by atomic mass is 10.2. The van der Waals surface area contributed by atoms with Crippen molar-refractivity contribution in [3.63, 3.8) is 0 Å². The molecule has 1 N–H and O–H groups in total. The second-order valence-electron chi connectivity index (χ2n) is 3.25. The highest BCUT2D eigenvalue weighted by Crippen LogP contribution is 2.20. The number of anilines is 1. The maximum atomic E-state index is 13.5. The number of rotatable bonds is 2. The molecule has 2 rings (SSSR count). The first kappa shape index (κ1) is 12.9. The van der Waals surface area contributed by atoms with E-state index in [0.717, 1.165) is 0 Å². The highest BCUT2D eigenvalue weighted by atomic mass is 79.9. The smallest absolute Gasteiger partial charge is 0.262 e. The predicted molar refractivity (Wildman–Crippen MR) is 69.1 cm³/mol. The quantitative estimate of drug-likeness (QED) is 0.860. The van der Waals surface area contributed by atoms with Gasteiger partial charge in [-0.25, -0.2) is 14.4 Å². The van der Waals surface area contributed by atoms with Crippen molar-refractivity contribution < 1.29 is 9.18 Å². The van der Waals surface area contributed by atoms with Crippen molar-refractivity contribution in [2.45, 2.75) is 0 Å². The van der Waals surface area contributed by atoms with Crippen LogP contribution in [0.15, 0.2) is 34.9 Å². The summed E-state index contributed by atoms with van der Waals surface area (Å²) >= 11 is 8.76. The first-order chi connectivity index (χ1) is 8.58. The van der Waals surface area contributed by atoms with Crippen LogP contribution in [0.3, 0.4) is 0 Å². The van der Waals surface area contributed by atoms with Gasteiger partial charge >= 0.3 is 0 Å². The molecule has 1 aromatic carbocycles. The average molecular weight is 331 g/mol. The van der Waals surface area contributed by atoms with Gasteiger partial charge in [0.2, 0.25) is 5.95 Å². The molecule has 0 saturated heterocycles. The summed E-state index contributed by atoms with van der Waals surface area (Å²) in [5.41, 5.74) is -0.110. The number of carbonyl (C=O) groups excluding carboxylic acids is 1. The third-order valence-electron chi connectivity index (χ3n) is 2.04. The van der Waals surface area contributed by atoms with Gasteiger partial charge in [-0.2, -0.15) is 0 Å². The molecule has 18 heavy (non-hydrogen) atoms. The summed E-state index contributed by atoms with van der Waals surface area (Å²) in [5.74, 6) is -1.27. The zero-order valence-electron chi connectivity index (χ0n) is 8.82. The number of nitrogens with one attached hydrogen (secondary N) is 1. The van der Waals surface area contributed by atoms with Gasteiger partial charge < -0.3 is 0 Å². The van der Waals surface area contributed by atoms with Gasteiger partial charge in [-0.1, -0.05) is 17.7 Å². The zero-order valence-corrected chi connectivity index (χ0v) is 11.2. The Hall–Kier alpha value is -1.53. The molecular weight excluding hydrogens is 324 g/mol. The molecule has 0 aliphatic rings. The maximum Gasteiger partial charge on any atom is 0.262 e. The Kier molecular flexibility index (Phi) is 3.88. The summed E-state index contributed by atoms with van der Waals surface area (Å²) in [7, 11) is 0. The monoisotopic (exact) mass is 329 g/mol. The van der Waals surface area contributed by atoms with Crippen LogP contribution in [0.2, 0.25) is 5.15 Å². The highest BCUT2D eigenvalue weighted by molar-refractivity contribution is 9.10. The van der Waals surface area contributed by atoms with E-state index in [4.69, 9.17) is 11.6 Å². The summed E-state index contributed by atoms with van der Waals surface area (Å²) in [5, 5.41) is 2.55. The molecule has 1 aromatic heterocycles. The summed E-state index contributed by atoms with van der Waals surface area (Å²) in [6.45, 7) is 0. The molecule has 2 aromatic rings. The number of hydrogen-bond acceptors (Lipinski definition) is 3. The van der Waals surface area contributed by atoms with Crippen LogP contribution in [0, 0.1) is 5.82 Å². The van der Waals surface area contributed by atoms with Crippen LogP contribution in [-0.4, -0.2) is 15.9 Å². The van der Waals surface area contributed by atoms with E-state index in [1.165, 1.54) is 24.4 Å². The number of hydrogen-bond donors (Lipinski definition) is 1. The molecule has 1 heterocycles. The van der Waals surface area contributed by atoms with Gasteiger partial charge in [-0.15, -0.1) is 0 Å². The minimum Gasteiger partial charge on any atom is -0.290 e. The van der Waals surface area contributed by atoms with Crippen molar-refractivity contribution >= 4 is 39.4 Å². The fourth-order valence-electron chi connectivity index (χ4n) is 1.28. The Morgan fingerprint density at radius 2 is 2.17 bits per heavy atom. The first-order valence-electron chi connectivity index (χ1n) is 4.82. The number of benzene rings is 1. The van der Waals surface area contributed by atoms with E-state index < -0.39 is 11.7 Å². The zero-order chi connectivity index (χ0) is 13.1. The van der Waals surface area contributed by atoms with Crippen molar-refractivity contribution in [2.75, 3.05) is 5.32 Å². The minimum absolute atomic E-state index is 0.0163. The number of aromatic nitrogens is 2. The van der Waals surface area contributed by atoms with Crippen LogP contribution in [-0.2, 0) is 0 Å². The van der Waals surface area contributed by atoms with Gasteiger partial charge in [-0.3, -0.25) is 10.1 Å². The van der Waals surface area contributed by atoms with Gasteiger partial charge in [-0.05, 0) is 34.1 Å². The number of halogens is 3. The Labute approximate surface area is 115 Å². The molecule has 0 aliphatic carbocycles. The lowest BCUT2D eigenvalue weighted by Gasteiger charge is -2.06. The molecule has 0 atom stereocenters. The largest absolute Gasteiger partial charge is 0.290 e. The van der Waals surface area contributed by atoms with Crippen LogP contribution < -0.4 is 5.32 Å². The van der Waals surface area contributed by atoms with Gasteiger partial charge in [0.1, 0.15) is 11.0 Å². The van der Waals surface area contributed by atoms with E-state index in [1.54, 1.807) is 6.07 Å². The van der Waals surface area contributed by atoms with E-state index in [0.29, 0.717) is 4.47 Å². The molecule has 0 spiro atoms. The van der Waals surface area contributed by atoms with Crippen LogP contribution in [0.4, 0.5) is 10.3 Å². The SMILES string of the molecule is O=C(Nc1nccc(Cl)n1)c1c(F)cccc1Br. The van der Waals surface area contributed by atoms with Crippen LogP contribution in [0.1, 0.15) is 10.4 Å². The van der Waals surface area contributed by atoms with Gasteiger partial charge in [0.15, 0.2) is 0 Å². The number of nitrogens with zero attached hydrogens (tertiary/aromatic N) is 2. The van der Waals surface area contributed by atoms with E-state index in [9.17, 15) is 9.18 Å². The normalized spacial score (nSPS) is 10.2. The van der Waals surface area contributed by atoms with Gasteiger partial charge in [0, 0.05) is 10.7 Å². The molecule has 4 nitrogen and oxygen atoms in total. The van der Waals surface area contributed by atoms with E-state index in [2.05, 4.69) is 31.2 Å². The summed E-state index contributed by atoms with van der Waals surface area (Å²) < 4.78 is 13.9. The second-order valence-corrected chi connectivity index (χ2v) is 4.50. The molecule has 0 fully saturated rings. The molecule has 0 saturated carbocycles. The van der Waals surface area contributed by atoms with Gasteiger partial charge in [0.25, 0.3) is 5.91 Å². The van der Waals surface area contributed by atoms with Crippen LogP contribution in [0.25, 0.3) is 0 Å². The van der Waals surface area contributed by atoms with Crippen molar-refractivity contribution in [1.29, 1.82) is 0 Å². The predicted octanol–water partition coefficient (Wildman–Crippen LogP) is 3.28. The number of carbonyl (C=O) groups is 1.